The smallest absolute Gasteiger partial charge is 0.326 e. The SMILES string of the molecule is CC(C)Cc1cc(CNC(=O)C[C@@H]2C(=O)N(C)C(=O)N2C)no1. The first-order valence-electron chi connectivity index (χ1n) is 7.55. The number of nitrogens with one attached hydrogen (secondary N) is 1. The van der Waals surface area contributed by atoms with Gasteiger partial charge in [0.2, 0.25) is 5.91 Å². The Morgan fingerprint density at radius 2 is 2.09 bits per heavy atom. The molecule has 1 fully saturated rings. The number of aromatic nitrogens is 1. The Labute approximate surface area is 134 Å². The monoisotopic (exact) mass is 322 g/mol. The van der Waals surface area contributed by atoms with Crippen LogP contribution in [0.1, 0.15) is 31.7 Å². The van der Waals surface area contributed by atoms with Crippen molar-refractivity contribution in [1.29, 1.82) is 0 Å². The second-order valence-electron chi connectivity index (χ2n) is 6.17. The van der Waals surface area contributed by atoms with E-state index < -0.39 is 12.1 Å². The molecular weight excluding hydrogens is 300 g/mol. The van der Waals surface area contributed by atoms with Gasteiger partial charge < -0.3 is 14.7 Å². The molecule has 1 aliphatic rings. The van der Waals surface area contributed by atoms with Crippen molar-refractivity contribution in [3.8, 4) is 0 Å². The van der Waals surface area contributed by atoms with Gasteiger partial charge in [-0.3, -0.25) is 14.5 Å². The number of carbonyl (C=O) groups is 3. The number of urea groups is 1. The van der Waals surface area contributed by atoms with Crippen LogP contribution in [-0.4, -0.2) is 52.9 Å². The molecule has 1 saturated heterocycles. The van der Waals surface area contributed by atoms with Crippen molar-refractivity contribution in [1.82, 2.24) is 20.3 Å². The van der Waals surface area contributed by atoms with E-state index in [1.165, 1.54) is 19.0 Å². The third-order valence-electron chi connectivity index (χ3n) is 3.73. The van der Waals surface area contributed by atoms with E-state index in [2.05, 4.69) is 24.3 Å². The zero-order chi connectivity index (χ0) is 17.1. The highest BCUT2D eigenvalue weighted by Crippen LogP contribution is 2.16. The highest BCUT2D eigenvalue weighted by molar-refractivity contribution is 6.05. The Balaban J connectivity index is 1.85. The molecule has 0 aromatic carbocycles. The molecule has 4 amide bonds. The maximum absolute atomic E-state index is 12.0. The fraction of sp³-hybridized carbons (Fsp3) is 0.600. The highest BCUT2D eigenvalue weighted by atomic mass is 16.5. The van der Waals surface area contributed by atoms with E-state index in [1.807, 2.05) is 6.07 Å². The van der Waals surface area contributed by atoms with Gasteiger partial charge in [-0.15, -0.1) is 0 Å². The Bertz CT molecular complexity index is 610. The van der Waals surface area contributed by atoms with E-state index >= 15 is 0 Å². The number of imide groups is 1. The summed E-state index contributed by atoms with van der Waals surface area (Å²) >= 11 is 0. The lowest BCUT2D eigenvalue weighted by molar-refractivity contribution is -0.131. The van der Waals surface area contributed by atoms with Crippen LogP contribution in [-0.2, 0) is 22.6 Å². The van der Waals surface area contributed by atoms with Crippen molar-refractivity contribution in [2.24, 2.45) is 5.92 Å². The average Bonchev–Trinajstić information content (AvgIpc) is 3.00. The van der Waals surface area contributed by atoms with Crippen LogP contribution >= 0.6 is 0 Å². The Morgan fingerprint density at radius 3 is 2.65 bits per heavy atom. The summed E-state index contributed by atoms with van der Waals surface area (Å²) in [6.07, 6.45) is 0.721. The summed E-state index contributed by atoms with van der Waals surface area (Å²) in [5.74, 6) is 0.561. The number of amides is 4. The summed E-state index contributed by atoms with van der Waals surface area (Å²) in [5.41, 5.74) is 0.633. The molecule has 0 spiro atoms. The largest absolute Gasteiger partial charge is 0.361 e. The second-order valence-corrected chi connectivity index (χ2v) is 6.17. The minimum absolute atomic E-state index is 0.0673. The van der Waals surface area contributed by atoms with Crippen molar-refractivity contribution < 1.29 is 18.9 Å². The van der Waals surface area contributed by atoms with Crippen LogP contribution in [0.5, 0.6) is 0 Å². The van der Waals surface area contributed by atoms with E-state index in [1.54, 1.807) is 0 Å². The molecule has 23 heavy (non-hydrogen) atoms. The number of hydrogen-bond acceptors (Lipinski definition) is 5. The summed E-state index contributed by atoms with van der Waals surface area (Å²) in [6, 6.07) is 0.661. The molecule has 0 radical (unpaired) electrons. The van der Waals surface area contributed by atoms with Gasteiger partial charge in [-0.2, -0.15) is 0 Å². The average molecular weight is 322 g/mol. The van der Waals surface area contributed by atoms with Gasteiger partial charge in [0.1, 0.15) is 17.5 Å². The lowest BCUT2D eigenvalue weighted by atomic mass is 10.1. The zero-order valence-electron chi connectivity index (χ0n) is 13.8. The van der Waals surface area contributed by atoms with Gasteiger partial charge in [0.25, 0.3) is 5.91 Å². The van der Waals surface area contributed by atoms with Gasteiger partial charge in [0.05, 0.1) is 13.0 Å². The highest BCUT2D eigenvalue weighted by Gasteiger charge is 2.41. The Kier molecular flexibility index (Phi) is 5.02. The molecule has 2 rings (SSSR count). The minimum Gasteiger partial charge on any atom is -0.361 e. The molecule has 0 aliphatic carbocycles. The number of carbonyl (C=O) groups excluding carboxylic acids is 3. The lowest BCUT2D eigenvalue weighted by Gasteiger charge is -2.15. The molecule has 1 N–H and O–H groups in total. The standard InChI is InChI=1S/C15H22N4O4/c1-9(2)5-11-6-10(17-23-11)8-16-13(20)7-12-14(21)19(4)15(22)18(12)3/h6,9,12H,5,7-8H2,1-4H3,(H,16,20)/t12-/m1/s1. The van der Waals surface area contributed by atoms with E-state index in [4.69, 9.17) is 4.52 Å². The van der Waals surface area contributed by atoms with Crippen molar-refractivity contribution in [3.63, 3.8) is 0 Å². The summed E-state index contributed by atoms with van der Waals surface area (Å²) in [5, 5.41) is 6.59. The first kappa shape index (κ1) is 17.0. The van der Waals surface area contributed by atoms with Crippen molar-refractivity contribution in [3.05, 3.63) is 17.5 Å². The van der Waals surface area contributed by atoms with Crippen LogP contribution in [0.25, 0.3) is 0 Å². The third-order valence-corrected chi connectivity index (χ3v) is 3.73. The fourth-order valence-electron chi connectivity index (χ4n) is 2.45. The van der Waals surface area contributed by atoms with Crippen LogP contribution in [0.3, 0.4) is 0 Å². The second kappa shape index (κ2) is 6.80. The molecule has 8 heteroatoms. The normalized spacial score (nSPS) is 18.2. The molecule has 8 nitrogen and oxygen atoms in total. The number of rotatable bonds is 6. The summed E-state index contributed by atoms with van der Waals surface area (Å²) in [6.45, 7) is 4.39. The molecule has 1 aromatic rings. The fourth-order valence-corrected chi connectivity index (χ4v) is 2.45. The predicted molar refractivity (Wildman–Crippen MR) is 81.2 cm³/mol. The van der Waals surface area contributed by atoms with E-state index in [0.29, 0.717) is 11.6 Å². The summed E-state index contributed by atoms with van der Waals surface area (Å²) in [4.78, 5) is 37.8. The first-order chi connectivity index (χ1) is 10.8. The van der Waals surface area contributed by atoms with Crippen molar-refractivity contribution in [2.75, 3.05) is 14.1 Å². The van der Waals surface area contributed by atoms with Crippen molar-refractivity contribution in [2.45, 2.75) is 39.3 Å². The van der Waals surface area contributed by atoms with Gasteiger partial charge >= 0.3 is 6.03 Å². The molecular formula is C15H22N4O4. The molecule has 1 atom stereocenters. The maximum Gasteiger partial charge on any atom is 0.326 e. The van der Waals surface area contributed by atoms with Crippen LogP contribution < -0.4 is 5.32 Å². The number of nitrogens with zero attached hydrogens (tertiary/aromatic N) is 3. The molecule has 1 aliphatic heterocycles. The van der Waals surface area contributed by atoms with Crippen LogP contribution in [0.15, 0.2) is 10.6 Å². The van der Waals surface area contributed by atoms with Crippen LogP contribution in [0.2, 0.25) is 0 Å². The molecule has 126 valence electrons. The Morgan fingerprint density at radius 1 is 1.39 bits per heavy atom. The molecule has 0 unspecified atom stereocenters. The topological polar surface area (TPSA) is 95.8 Å². The van der Waals surface area contributed by atoms with Crippen molar-refractivity contribution >= 4 is 17.8 Å². The first-order valence-corrected chi connectivity index (χ1v) is 7.55. The third kappa shape index (κ3) is 3.88. The van der Waals surface area contributed by atoms with Crippen LogP contribution in [0, 0.1) is 5.92 Å². The summed E-state index contributed by atoms with van der Waals surface area (Å²) in [7, 11) is 2.92. The molecule has 0 saturated carbocycles. The molecule has 1 aromatic heterocycles. The van der Waals surface area contributed by atoms with Gasteiger partial charge in [-0.25, -0.2) is 4.79 Å². The van der Waals surface area contributed by atoms with Gasteiger partial charge in [0, 0.05) is 26.6 Å². The van der Waals surface area contributed by atoms with E-state index in [9.17, 15) is 14.4 Å². The van der Waals surface area contributed by atoms with Gasteiger partial charge in [-0.1, -0.05) is 19.0 Å². The molecule has 2 heterocycles. The predicted octanol–water partition coefficient (Wildman–Crippen LogP) is 0.772. The van der Waals surface area contributed by atoms with E-state index in [0.717, 1.165) is 17.1 Å². The minimum atomic E-state index is -0.749. The molecule has 0 bridgehead atoms. The zero-order valence-corrected chi connectivity index (χ0v) is 13.8. The maximum atomic E-state index is 12.0. The lowest BCUT2D eigenvalue weighted by Crippen LogP contribution is -2.37. The number of likely N-dealkylation sites (N-methyl/N-ethyl adjacent to an activating group) is 2. The number of hydrogen-bond donors (Lipinski definition) is 1. The quantitative estimate of drug-likeness (QED) is 0.781. The Hall–Kier alpha value is -2.38. The van der Waals surface area contributed by atoms with Gasteiger partial charge in [0.15, 0.2) is 0 Å². The summed E-state index contributed by atoms with van der Waals surface area (Å²) < 4.78 is 5.19. The van der Waals surface area contributed by atoms with Crippen LogP contribution in [0.4, 0.5) is 4.79 Å². The van der Waals surface area contributed by atoms with E-state index in [-0.39, 0.29) is 24.8 Å². The van der Waals surface area contributed by atoms with Gasteiger partial charge in [-0.05, 0) is 5.92 Å².